The van der Waals surface area contributed by atoms with E-state index in [0.717, 1.165) is 12.1 Å². The third-order valence-corrected chi connectivity index (χ3v) is 3.57. The van der Waals surface area contributed by atoms with Gasteiger partial charge in [0.1, 0.15) is 5.82 Å². The van der Waals surface area contributed by atoms with Crippen molar-refractivity contribution in [3.8, 4) is 0 Å². The summed E-state index contributed by atoms with van der Waals surface area (Å²) < 4.78 is 40.7. The van der Waals surface area contributed by atoms with E-state index >= 15 is 0 Å². The van der Waals surface area contributed by atoms with E-state index in [2.05, 4.69) is 6.07 Å². The zero-order valence-corrected chi connectivity index (χ0v) is 9.18. The molecule has 0 unspecified atom stereocenters. The topological polar surface area (TPSA) is 43.4 Å². The summed E-state index contributed by atoms with van der Waals surface area (Å²) in [6.07, 6.45) is 0.392. The number of hydrogen-bond donors (Lipinski definition) is 0. The molecule has 83 valence electrons. The van der Waals surface area contributed by atoms with E-state index in [4.69, 9.17) is 4.74 Å². The number of benzene rings is 1. The molecule has 5 heteroatoms. The quantitative estimate of drug-likeness (QED) is 0.720. The number of hydrogen-bond acceptors (Lipinski definition) is 3. The predicted octanol–water partition coefficient (Wildman–Crippen LogP) is 1.44. The summed E-state index contributed by atoms with van der Waals surface area (Å²) in [6, 6.07) is 5.91. The Morgan fingerprint density at radius 1 is 1.53 bits per heavy atom. The minimum atomic E-state index is -3.43. The molecule has 0 heterocycles. The second kappa shape index (κ2) is 5.23. The van der Waals surface area contributed by atoms with Crippen LogP contribution in [0.3, 0.4) is 0 Å². The molecule has 0 aliphatic carbocycles. The number of sulfone groups is 1. The van der Waals surface area contributed by atoms with Gasteiger partial charge in [0, 0.05) is 19.8 Å². The van der Waals surface area contributed by atoms with Crippen molar-refractivity contribution >= 4 is 9.84 Å². The van der Waals surface area contributed by atoms with E-state index in [-0.39, 0.29) is 10.6 Å². The van der Waals surface area contributed by atoms with Crippen LogP contribution in [-0.2, 0) is 14.6 Å². The monoisotopic (exact) mass is 231 g/mol. The molecule has 0 aliphatic heterocycles. The van der Waals surface area contributed by atoms with Gasteiger partial charge in [-0.1, -0.05) is 6.07 Å². The molecule has 0 bridgehead atoms. The van der Waals surface area contributed by atoms with Crippen molar-refractivity contribution in [3.05, 3.63) is 30.1 Å². The zero-order chi connectivity index (χ0) is 11.3. The van der Waals surface area contributed by atoms with Gasteiger partial charge >= 0.3 is 0 Å². The van der Waals surface area contributed by atoms with Crippen LogP contribution in [0.15, 0.2) is 23.1 Å². The zero-order valence-electron chi connectivity index (χ0n) is 8.36. The molecule has 15 heavy (non-hydrogen) atoms. The van der Waals surface area contributed by atoms with Gasteiger partial charge in [0.25, 0.3) is 0 Å². The highest BCUT2D eigenvalue weighted by Crippen LogP contribution is 2.12. The summed E-state index contributed by atoms with van der Waals surface area (Å²) >= 11 is 0. The van der Waals surface area contributed by atoms with Crippen molar-refractivity contribution in [3.63, 3.8) is 0 Å². The molecular weight excluding hydrogens is 219 g/mol. The van der Waals surface area contributed by atoms with E-state index in [9.17, 15) is 12.8 Å². The Labute approximate surface area is 88.8 Å². The summed E-state index contributed by atoms with van der Waals surface area (Å²) in [6.45, 7) is 0.370. The van der Waals surface area contributed by atoms with E-state index in [1.165, 1.54) is 13.2 Å². The second-order valence-corrected chi connectivity index (χ2v) is 5.11. The largest absolute Gasteiger partial charge is 0.385 e. The Balaban J connectivity index is 2.77. The van der Waals surface area contributed by atoms with Gasteiger partial charge in [0.2, 0.25) is 0 Å². The van der Waals surface area contributed by atoms with Crippen LogP contribution < -0.4 is 0 Å². The van der Waals surface area contributed by atoms with Gasteiger partial charge in [-0.15, -0.1) is 0 Å². The van der Waals surface area contributed by atoms with Gasteiger partial charge in [-0.25, -0.2) is 12.8 Å². The van der Waals surface area contributed by atoms with Gasteiger partial charge in [-0.2, -0.15) is 0 Å². The number of methoxy groups -OCH3 is 1. The SMILES string of the molecule is COCCCS(=O)(=O)c1[c]ccc(F)c1. The molecule has 0 aliphatic rings. The van der Waals surface area contributed by atoms with Gasteiger partial charge < -0.3 is 4.74 Å². The first-order valence-corrected chi connectivity index (χ1v) is 6.10. The fourth-order valence-corrected chi connectivity index (χ4v) is 2.36. The molecule has 0 amide bonds. The summed E-state index contributed by atoms with van der Waals surface area (Å²) in [7, 11) is -1.93. The van der Waals surface area contributed by atoms with Gasteiger partial charge in [-0.05, 0) is 18.6 Å². The molecule has 0 N–H and O–H groups in total. The fraction of sp³-hybridized carbons (Fsp3) is 0.400. The van der Waals surface area contributed by atoms with Crippen LogP contribution in [0.25, 0.3) is 0 Å². The molecule has 0 fully saturated rings. The Morgan fingerprint density at radius 2 is 2.27 bits per heavy atom. The molecular formula is C10H12FO3S. The predicted molar refractivity (Wildman–Crippen MR) is 53.8 cm³/mol. The van der Waals surface area contributed by atoms with Crippen molar-refractivity contribution in [2.24, 2.45) is 0 Å². The maximum atomic E-state index is 12.8. The Bertz CT molecular complexity index is 414. The average molecular weight is 231 g/mol. The Kier molecular flexibility index (Phi) is 4.23. The summed E-state index contributed by atoms with van der Waals surface area (Å²) in [5.41, 5.74) is 0. The van der Waals surface area contributed by atoms with Crippen LogP contribution in [-0.4, -0.2) is 27.9 Å². The highest BCUT2D eigenvalue weighted by molar-refractivity contribution is 7.91. The lowest BCUT2D eigenvalue weighted by atomic mass is 10.4. The standard InChI is InChI=1S/C10H12FO3S/c1-14-6-3-7-15(12,13)10-5-2-4-9(11)8-10/h2,4,8H,3,6-7H2,1H3. The maximum Gasteiger partial charge on any atom is 0.179 e. The number of halogens is 1. The molecule has 0 spiro atoms. The molecule has 1 aromatic rings. The van der Waals surface area contributed by atoms with Crippen LogP contribution in [0.5, 0.6) is 0 Å². The molecule has 0 atom stereocenters. The third-order valence-electron chi connectivity index (χ3n) is 1.83. The minimum absolute atomic E-state index is 0.0548. The fourth-order valence-electron chi connectivity index (χ4n) is 1.10. The first-order valence-electron chi connectivity index (χ1n) is 4.45. The van der Waals surface area contributed by atoms with E-state index in [1.54, 1.807) is 0 Å². The minimum Gasteiger partial charge on any atom is -0.385 e. The van der Waals surface area contributed by atoms with Gasteiger partial charge in [0.15, 0.2) is 9.84 Å². The molecule has 3 nitrogen and oxygen atoms in total. The van der Waals surface area contributed by atoms with Crippen LogP contribution >= 0.6 is 0 Å². The summed E-state index contributed by atoms with van der Waals surface area (Å²) in [5.74, 6) is -0.625. The molecule has 1 radical (unpaired) electrons. The maximum absolute atomic E-state index is 12.8. The highest BCUT2D eigenvalue weighted by Gasteiger charge is 2.14. The van der Waals surface area contributed by atoms with Crippen LogP contribution in [0.2, 0.25) is 0 Å². The van der Waals surface area contributed by atoms with Crippen LogP contribution in [0.4, 0.5) is 4.39 Å². The van der Waals surface area contributed by atoms with Crippen molar-refractivity contribution < 1.29 is 17.5 Å². The van der Waals surface area contributed by atoms with Crippen molar-refractivity contribution in [1.29, 1.82) is 0 Å². The number of ether oxygens (including phenoxy) is 1. The third kappa shape index (κ3) is 3.60. The van der Waals surface area contributed by atoms with Gasteiger partial charge in [0.05, 0.1) is 10.6 Å². The average Bonchev–Trinajstić information content (AvgIpc) is 2.18. The second-order valence-electron chi connectivity index (χ2n) is 3.04. The highest BCUT2D eigenvalue weighted by atomic mass is 32.2. The molecule has 1 aromatic carbocycles. The Hall–Kier alpha value is -0.940. The molecule has 0 saturated heterocycles. The van der Waals surface area contributed by atoms with Crippen molar-refractivity contribution in [1.82, 2.24) is 0 Å². The van der Waals surface area contributed by atoms with E-state index in [0.29, 0.717) is 13.0 Å². The summed E-state index contributed by atoms with van der Waals surface area (Å²) in [5, 5.41) is 0. The normalized spacial score (nSPS) is 11.6. The molecule has 0 saturated carbocycles. The van der Waals surface area contributed by atoms with Crippen LogP contribution in [0, 0.1) is 11.9 Å². The Morgan fingerprint density at radius 3 is 2.87 bits per heavy atom. The number of rotatable bonds is 5. The lowest BCUT2D eigenvalue weighted by Gasteiger charge is -2.03. The first kappa shape index (κ1) is 12.1. The lowest BCUT2D eigenvalue weighted by Crippen LogP contribution is -2.09. The molecule has 0 aromatic heterocycles. The van der Waals surface area contributed by atoms with Crippen molar-refractivity contribution in [2.75, 3.05) is 19.5 Å². The van der Waals surface area contributed by atoms with E-state index < -0.39 is 15.7 Å². The first-order chi connectivity index (χ1) is 7.06. The smallest absolute Gasteiger partial charge is 0.179 e. The summed E-state index contributed by atoms with van der Waals surface area (Å²) in [4.78, 5) is -0.0985. The van der Waals surface area contributed by atoms with Gasteiger partial charge in [-0.3, -0.25) is 0 Å². The van der Waals surface area contributed by atoms with Crippen LogP contribution in [0.1, 0.15) is 6.42 Å². The van der Waals surface area contributed by atoms with Crippen molar-refractivity contribution in [2.45, 2.75) is 11.3 Å². The van der Waals surface area contributed by atoms with E-state index in [1.807, 2.05) is 0 Å². The molecule has 1 rings (SSSR count). The lowest BCUT2D eigenvalue weighted by molar-refractivity contribution is 0.199.